The molecule has 1 aromatic heterocycles. The third kappa shape index (κ3) is 3.14. The van der Waals surface area contributed by atoms with Crippen molar-refractivity contribution in [2.45, 2.75) is 20.4 Å². The summed E-state index contributed by atoms with van der Waals surface area (Å²) in [6, 6.07) is 6.74. The van der Waals surface area contributed by atoms with E-state index in [1.165, 1.54) is 6.92 Å². The molecular formula is C14H14BrN3O2. The molecule has 0 fully saturated rings. The number of aromatic nitrogens is 2. The van der Waals surface area contributed by atoms with Crippen LogP contribution in [0.1, 0.15) is 34.7 Å². The van der Waals surface area contributed by atoms with E-state index in [1.807, 2.05) is 6.92 Å². The zero-order valence-electron chi connectivity index (χ0n) is 11.2. The van der Waals surface area contributed by atoms with Crippen LogP contribution >= 0.6 is 15.9 Å². The number of amides is 1. The molecule has 1 aromatic carbocycles. The highest BCUT2D eigenvalue weighted by Gasteiger charge is 2.15. The number of nitrogens with one attached hydrogen (secondary N) is 1. The number of rotatable bonds is 4. The lowest BCUT2D eigenvalue weighted by molar-refractivity contribution is 0.101. The minimum Gasteiger partial charge on any atom is -0.321 e. The van der Waals surface area contributed by atoms with Crippen molar-refractivity contribution >= 4 is 33.3 Å². The second-order valence-electron chi connectivity index (χ2n) is 4.27. The van der Waals surface area contributed by atoms with E-state index >= 15 is 0 Å². The summed E-state index contributed by atoms with van der Waals surface area (Å²) in [5.74, 6) is -0.299. The monoisotopic (exact) mass is 335 g/mol. The van der Waals surface area contributed by atoms with E-state index in [0.29, 0.717) is 28.0 Å². The van der Waals surface area contributed by atoms with Gasteiger partial charge in [-0.15, -0.1) is 0 Å². The second kappa shape index (κ2) is 6.00. The average molecular weight is 336 g/mol. The first-order valence-corrected chi connectivity index (χ1v) is 6.96. The maximum atomic E-state index is 12.1. The Hall–Kier alpha value is -1.95. The molecule has 20 heavy (non-hydrogen) atoms. The number of carbonyl (C=O) groups excluding carboxylic acids is 2. The van der Waals surface area contributed by atoms with Gasteiger partial charge in [0.25, 0.3) is 5.91 Å². The summed E-state index contributed by atoms with van der Waals surface area (Å²) >= 11 is 3.31. The summed E-state index contributed by atoms with van der Waals surface area (Å²) in [7, 11) is 0. The molecule has 6 heteroatoms. The molecule has 0 aliphatic heterocycles. The van der Waals surface area contributed by atoms with Crippen molar-refractivity contribution in [2.75, 3.05) is 5.32 Å². The predicted molar refractivity (Wildman–Crippen MR) is 80.0 cm³/mol. The van der Waals surface area contributed by atoms with Gasteiger partial charge in [-0.3, -0.25) is 14.3 Å². The number of aryl methyl sites for hydroxylation is 1. The molecule has 0 bridgehead atoms. The van der Waals surface area contributed by atoms with Crippen molar-refractivity contribution in [3.05, 3.63) is 46.2 Å². The number of hydrogen-bond acceptors (Lipinski definition) is 3. The van der Waals surface area contributed by atoms with Crippen LogP contribution in [0.25, 0.3) is 0 Å². The topological polar surface area (TPSA) is 64.0 Å². The maximum Gasteiger partial charge on any atom is 0.277 e. The lowest BCUT2D eigenvalue weighted by atomic mass is 10.1. The van der Waals surface area contributed by atoms with Gasteiger partial charge >= 0.3 is 0 Å². The SMILES string of the molecule is CCn1cc(Br)c(C(=O)Nc2ccc(C(C)=O)cc2)n1. The molecule has 1 N–H and O–H groups in total. The van der Waals surface area contributed by atoms with E-state index < -0.39 is 0 Å². The summed E-state index contributed by atoms with van der Waals surface area (Å²) in [6.45, 7) is 4.14. The molecule has 0 radical (unpaired) electrons. The smallest absolute Gasteiger partial charge is 0.277 e. The lowest BCUT2D eigenvalue weighted by Gasteiger charge is -2.04. The van der Waals surface area contributed by atoms with Crippen molar-refractivity contribution in [1.29, 1.82) is 0 Å². The number of nitrogens with zero attached hydrogens (tertiary/aromatic N) is 2. The van der Waals surface area contributed by atoms with E-state index in [9.17, 15) is 9.59 Å². The van der Waals surface area contributed by atoms with Crippen molar-refractivity contribution in [1.82, 2.24) is 9.78 Å². The Kier molecular flexibility index (Phi) is 4.34. The minimum absolute atomic E-state index is 0.00712. The zero-order chi connectivity index (χ0) is 14.7. The Morgan fingerprint density at radius 2 is 1.95 bits per heavy atom. The Balaban J connectivity index is 2.14. The van der Waals surface area contributed by atoms with Crippen molar-refractivity contribution in [2.24, 2.45) is 0 Å². The van der Waals surface area contributed by atoms with Crippen LogP contribution in [0, 0.1) is 0 Å². The molecule has 1 heterocycles. The third-order valence-corrected chi connectivity index (χ3v) is 3.39. The Morgan fingerprint density at radius 3 is 2.45 bits per heavy atom. The summed E-state index contributed by atoms with van der Waals surface area (Å²) < 4.78 is 2.33. The third-order valence-electron chi connectivity index (χ3n) is 2.81. The first-order valence-electron chi connectivity index (χ1n) is 6.16. The van der Waals surface area contributed by atoms with Crippen LogP contribution in [0.15, 0.2) is 34.9 Å². The Morgan fingerprint density at radius 1 is 1.30 bits per heavy atom. The van der Waals surface area contributed by atoms with Crippen LogP contribution in [0.2, 0.25) is 0 Å². The highest BCUT2D eigenvalue weighted by Crippen LogP contribution is 2.17. The van der Waals surface area contributed by atoms with E-state index in [1.54, 1.807) is 35.1 Å². The van der Waals surface area contributed by atoms with Crippen LogP contribution in [-0.4, -0.2) is 21.5 Å². The molecule has 2 rings (SSSR count). The number of benzene rings is 1. The molecule has 0 saturated heterocycles. The highest BCUT2D eigenvalue weighted by atomic mass is 79.9. The molecule has 0 atom stereocenters. The molecule has 0 spiro atoms. The van der Waals surface area contributed by atoms with Crippen molar-refractivity contribution < 1.29 is 9.59 Å². The van der Waals surface area contributed by atoms with Gasteiger partial charge < -0.3 is 5.32 Å². The standard InChI is InChI=1S/C14H14BrN3O2/c1-3-18-8-12(15)13(17-18)14(20)16-11-6-4-10(5-7-11)9(2)19/h4-8H,3H2,1-2H3,(H,16,20). The maximum absolute atomic E-state index is 12.1. The van der Waals surface area contributed by atoms with Gasteiger partial charge in [0, 0.05) is 24.0 Å². The molecule has 104 valence electrons. The van der Waals surface area contributed by atoms with E-state index in [-0.39, 0.29) is 11.7 Å². The largest absolute Gasteiger partial charge is 0.321 e. The van der Waals surface area contributed by atoms with Crippen LogP contribution < -0.4 is 5.32 Å². The number of hydrogen-bond donors (Lipinski definition) is 1. The molecular weight excluding hydrogens is 322 g/mol. The van der Waals surface area contributed by atoms with E-state index in [2.05, 4.69) is 26.3 Å². The zero-order valence-corrected chi connectivity index (χ0v) is 12.8. The van der Waals surface area contributed by atoms with Crippen LogP contribution in [0.5, 0.6) is 0 Å². The summed E-state index contributed by atoms with van der Waals surface area (Å²) in [5, 5.41) is 6.92. The average Bonchev–Trinajstić information content (AvgIpc) is 2.80. The molecule has 0 aliphatic rings. The van der Waals surface area contributed by atoms with Crippen molar-refractivity contribution in [3.8, 4) is 0 Å². The summed E-state index contributed by atoms with van der Waals surface area (Å²) in [5.41, 5.74) is 1.57. The van der Waals surface area contributed by atoms with Gasteiger partial charge in [-0.2, -0.15) is 5.10 Å². The number of anilines is 1. The van der Waals surface area contributed by atoms with Gasteiger partial charge in [0.1, 0.15) is 0 Å². The van der Waals surface area contributed by atoms with E-state index in [4.69, 9.17) is 0 Å². The number of ketones is 1. The minimum atomic E-state index is -0.292. The first kappa shape index (κ1) is 14.5. The van der Waals surface area contributed by atoms with Gasteiger partial charge in [-0.05, 0) is 54.0 Å². The van der Waals surface area contributed by atoms with Crippen LogP contribution in [0.3, 0.4) is 0 Å². The molecule has 5 nitrogen and oxygen atoms in total. The second-order valence-corrected chi connectivity index (χ2v) is 5.12. The van der Waals surface area contributed by atoms with Gasteiger partial charge in [0.05, 0.1) is 4.47 Å². The molecule has 0 unspecified atom stereocenters. The Labute approximate surface area is 125 Å². The fourth-order valence-electron chi connectivity index (χ4n) is 1.69. The van der Waals surface area contributed by atoms with Crippen molar-refractivity contribution in [3.63, 3.8) is 0 Å². The van der Waals surface area contributed by atoms with Gasteiger partial charge in [0.15, 0.2) is 11.5 Å². The number of Topliss-reactive ketones (excluding diaryl/α,β-unsaturated/α-hetero) is 1. The van der Waals surface area contributed by atoms with Crippen LogP contribution in [-0.2, 0) is 6.54 Å². The normalized spacial score (nSPS) is 10.3. The molecule has 2 aromatic rings. The molecule has 0 aliphatic carbocycles. The molecule has 1 amide bonds. The summed E-state index contributed by atoms with van der Waals surface area (Å²) in [6.07, 6.45) is 1.76. The van der Waals surface area contributed by atoms with E-state index in [0.717, 1.165) is 0 Å². The summed E-state index contributed by atoms with van der Waals surface area (Å²) in [4.78, 5) is 23.3. The lowest BCUT2D eigenvalue weighted by Crippen LogP contribution is -2.14. The number of halogens is 1. The Bertz CT molecular complexity index is 647. The van der Waals surface area contributed by atoms with Gasteiger partial charge in [-0.25, -0.2) is 0 Å². The quantitative estimate of drug-likeness (QED) is 0.873. The highest BCUT2D eigenvalue weighted by molar-refractivity contribution is 9.10. The van der Waals surface area contributed by atoms with Gasteiger partial charge in [0.2, 0.25) is 0 Å². The van der Waals surface area contributed by atoms with Gasteiger partial charge in [-0.1, -0.05) is 0 Å². The first-order chi connectivity index (χ1) is 9.51. The molecule has 0 saturated carbocycles. The fraction of sp³-hybridized carbons (Fsp3) is 0.214. The number of carbonyl (C=O) groups is 2. The predicted octanol–water partition coefficient (Wildman–Crippen LogP) is 3.12. The van der Waals surface area contributed by atoms with Crippen LogP contribution in [0.4, 0.5) is 5.69 Å². The fourth-order valence-corrected chi connectivity index (χ4v) is 2.19.